The molecule has 3 amide bonds. The molecular weight excluding hydrogens is 465 g/mol. The number of rotatable bonds is 6. The van der Waals surface area contributed by atoms with Crippen LogP contribution in [0.25, 0.3) is 0 Å². The molecule has 1 N–H and O–H groups in total. The number of benzene rings is 2. The molecule has 2 aromatic rings. The van der Waals surface area contributed by atoms with Gasteiger partial charge in [-0.05, 0) is 48.1 Å². The molecule has 7 nitrogen and oxygen atoms in total. The zero-order valence-corrected chi connectivity index (χ0v) is 18.8. The molecule has 0 spiro atoms. The Labute approximate surface area is 200 Å². The second-order valence-corrected chi connectivity index (χ2v) is 9.06. The molecule has 1 saturated carbocycles. The van der Waals surface area contributed by atoms with E-state index in [9.17, 15) is 14.4 Å². The van der Waals surface area contributed by atoms with E-state index in [1.807, 2.05) is 18.2 Å². The van der Waals surface area contributed by atoms with Gasteiger partial charge in [0, 0.05) is 5.69 Å². The normalized spacial score (nSPS) is 25.2. The number of allylic oxidation sites excluding steroid dienone is 2. The van der Waals surface area contributed by atoms with E-state index in [-0.39, 0.29) is 63.8 Å². The van der Waals surface area contributed by atoms with Crippen LogP contribution in [-0.2, 0) is 14.4 Å². The maximum atomic E-state index is 12.7. The van der Waals surface area contributed by atoms with Gasteiger partial charge in [0.15, 0.2) is 12.4 Å². The third kappa shape index (κ3) is 4.03. The first-order valence-corrected chi connectivity index (χ1v) is 11.2. The average molecular weight is 484 g/mol. The van der Waals surface area contributed by atoms with Crippen molar-refractivity contribution in [3.63, 3.8) is 0 Å². The van der Waals surface area contributed by atoms with Crippen LogP contribution >= 0.6 is 23.2 Å². The number of anilines is 1. The lowest BCUT2D eigenvalue weighted by molar-refractivity contribution is -0.140. The smallest absolute Gasteiger partial charge is 0.262 e. The van der Waals surface area contributed by atoms with Crippen LogP contribution in [0.5, 0.6) is 5.75 Å². The van der Waals surface area contributed by atoms with Crippen LogP contribution in [0.3, 0.4) is 0 Å². The Kier molecular flexibility index (Phi) is 5.68. The Bertz CT molecular complexity index is 1140. The van der Waals surface area contributed by atoms with Crippen molar-refractivity contribution in [1.29, 1.82) is 0 Å². The topological polar surface area (TPSA) is 88.1 Å². The summed E-state index contributed by atoms with van der Waals surface area (Å²) in [5, 5.41) is 8.14. The molecular formula is C24H19Cl2N3O4. The molecule has 0 aromatic heterocycles. The number of amides is 3. The number of hydrogen-bond donors (Lipinski definition) is 1. The lowest BCUT2D eigenvalue weighted by Gasteiger charge is -2.13. The molecule has 0 unspecified atom stereocenters. The summed E-state index contributed by atoms with van der Waals surface area (Å²) in [7, 11) is 0. The standard InChI is InChI=1S/C24H19Cl2N3O4/c25-17-8-13(9-18(26)22(17)33-12-19(30)28-16-4-2-1-3-5-16)11-27-29-23(31)20-14-6-7-15(10-14)21(20)24(29)32/h1-9,11,14-15,20-21H,10,12H2,(H,28,30)/t14-,15-,20-,21+/m0/s1. The van der Waals surface area contributed by atoms with Gasteiger partial charge < -0.3 is 10.1 Å². The third-order valence-corrected chi connectivity index (χ3v) is 6.76. The number of hydrogen-bond acceptors (Lipinski definition) is 5. The summed E-state index contributed by atoms with van der Waals surface area (Å²) in [6.07, 6.45) is 6.29. The summed E-state index contributed by atoms with van der Waals surface area (Å²) < 4.78 is 5.50. The molecule has 168 valence electrons. The minimum absolute atomic E-state index is 0.121. The van der Waals surface area contributed by atoms with Crippen LogP contribution in [0.15, 0.2) is 59.7 Å². The van der Waals surface area contributed by atoms with Crippen LogP contribution in [0.4, 0.5) is 5.69 Å². The fourth-order valence-corrected chi connectivity index (χ4v) is 5.39. The zero-order chi connectivity index (χ0) is 23.1. The third-order valence-electron chi connectivity index (χ3n) is 6.20. The van der Waals surface area contributed by atoms with E-state index in [1.54, 1.807) is 36.4 Å². The van der Waals surface area contributed by atoms with Crippen LogP contribution in [0, 0.1) is 23.7 Å². The summed E-state index contributed by atoms with van der Waals surface area (Å²) in [6.45, 7) is -0.280. The molecule has 2 fully saturated rings. The van der Waals surface area contributed by atoms with E-state index in [1.165, 1.54) is 6.21 Å². The van der Waals surface area contributed by atoms with Gasteiger partial charge in [-0.1, -0.05) is 53.6 Å². The van der Waals surface area contributed by atoms with Gasteiger partial charge in [-0.3, -0.25) is 14.4 Å². The van der Waals surface area contributed by atoms with Crippen molar-refractivity contribution in [3.8, 4) is 5.75 Å². The number of nitrogens with one attached hydrogen (secondary N) is 1. The fraction of sp³-hybridized carbons (Fsp3) is 0.250. The second kappa shape index (κ2) is 8.65. The highest BCUT2D eigenvalue weighted by molar-refractivity contribution is 6.37. The summed E-state index contributed by atoms with van der Waals surface area (Å²) >= 11 is 12.6. The van der Waals surface area contributed by atoms with Crippen molar-refractivity contribution in [2.75, 3.05) is 11.9 Å². The molecule has 9 heteroatoms. The van der Waals surface area contributed by atoms with E-state index in [2.05, 4.69) is 10.4 Å². The van der Waals surface area contributed by atoms with E-state index < -0.39 is 0 Å². The van der Waals surface area contributed by atoms with E-state index >= 15 is 0 Å². The van der Waals surface area contributed by atoms with Crippen molar-refractivity contribution in [2.45, 2.75) is 6.42 Å². The molecule has 0 radical (unpaired) electrons. The maximum absolute atomic E-state index is 12.7. The van der Waals surface area contributed by atoms with Crippen LogP contribution in [0.2, 0.25) is 10.0 Å². The summed E-state index contributed by atoms with van der Waals surface area (Å²) in [6, 6.07) is 12.1. The molecule has 2 bridgehead atoms. The van der Waals surface area contributed by atoms with Crippen LogP contribution < -0.4 is 10.1 Å². The number of para-hydroxylation sites is 1. The molecule has 1 heterocycles. The van der Waals surface area contributed by atoms with E-state index in [0.29, 0.717) is 11.3 Å². The van der Waals surface area contributed by atoms with E-state index in [0.717, 1.165) is 11.4 Å². The zero-order valence-electron chi connectivity index (χ0n) is 17.3. The number of carbonyl (C=O) groups is 3. The Morgan fingerprint density at radius 1 is 1.06 bits per heavy atom. The number of ether oxygens (including phenoxy) is 1. The number of imide groups is 1. The minimum atomic E-state index is -0.362. The summed E-state index contributed by atoms with van der Waals surface area (Å²) in [4.78, 5) is 37.6. The second-order valence-electron chi connectivity index (χ2n) is 8.25. The molecule has 3 aliphatic rings. The van der Waals surface area contributed by atoms with Crippen molar-refractivity contribution >= 4 is 52.8 Å². The van der Waals surface area contributed by atoms with Crippen molar-refractivity contribution < 1.29 is 19.1 Å². The van der Waals surface area contributed by atoms with Gasteiger partial charge in [-0.25, -0.2) is 0 Å². The highest BCUT2D eigenvalue weighted by Gasteiger charge is 2.59. The molecule has 1 aliphatic heterocycles. The highest BCUT2D eigenvalue weighted by atomic mass is 35.5. The number of fused-ring (bicyclic) bond motifs is 5. The fourth-order valence-electron chi connectivity index (χ4n) is 4.77. The first-order valence-electron chi connectivity index (χ1n) is 10.5. The van der Waals surface area contributed by atoms with Crippen LogP contribution in [0.1, 0.15) is 12.0 Å². The molecule has 2 aliphatic carbocycles. The summed E-state index contributed by atoms with van der Waals surface area (Å²) in [5.74, 6) is -1.11. The molecule has 33 heavy (non-hydrogen) atoms. The predicted octanol–water partition coefficient (Wildman–Crippen LogP) is 4.15. The molecule has 2 aromatic carbocycles. The largest absolute Gasteiger partial charge is 0.481 e. The predicted molar refractivity (Wildman–Crippen MR) is 124 cm³/mol. The monoisotopic (exact) mass is 483 g/mol. The van der Waals surface area contributed by atoms with Gasteiger partial charge in [0.2, 0.25) is 0 Å². The van der Waals surface area contributed by atoms with Gasteiger partial charge >= 0.3 is 0 Å². The Hall–Kier alpha value is -3.16. The highest BCUT2D eigenvalue weighted by Crippen LogP contribution is 2.52. The SMILES string of the molecule is O=C(COc1c(Cl)cc(C=NN2C(=O)[C@@H]3[C@H](C2=O)[C@H]2C=C[C@H]3C2)cc1Cl)Nc1ccccc1. The Morgan fingerprint density at radius 3 is 2.27 bits per heavy atom. The first-order chi connectivity index (χ1) is 15.9. The maximum Gasteiger partial charge on any atom is 0.262 e. The van der Waals surface area contributed by atoms with Gasteiger partial charge in [0.05, 0.1) is 28.1 Å². The van der Waals surface area contributed by atoms with Gasteiger partial charge in [0.1, 0.15) is 0 Å². The van der Waals surface area contributed by atoms with Gasteiger partial charge in [0.25, 0.3) is 17.7 Å². The van der Waals surface area contributed by atoms with Crippen LogP contribution in [-0.4, -0.2) is 35.6 Å². The Balaban J connectivity index is 1.24. The molecule has 4 atom stereocenters. The molecule has 1 saturated heterocycles. The lowest BCUT2D eigenvalue weighted by Crippen LogP contribution is -2.28. The number of nitrogens with zero attached hydrogens (tertiary/aromatic N) is 2. The van der Waals surface area contributed by atoms with Gasteiger partial charge in [-0.15, -0.1) is 0 Å². The summed E-state index contributed by atoms with van der Waals surface area (Å²) in [5.41, 5.74) is 1.14. The average Bonchev–Trinajstić information content (AvgIpc) is 3.47. The van der Waals surface area contributed by atoms with E-state index in [4.69, 9.17) is 27.9 Å². The minimum Gasteiger partial charge on any atom is -0.481 e. The first kappa shape index (κ1) is 21.7. The Morgan fingerprint density at radius 2 is 1.67 bits per heavy atom. The molecule has 5 rings (SSSR count). The number of carbonyl (C=O) groups excluding carboxylic acids is 3. The number of hydrazone groups is 1. The van der Waals surface area contributed by atoms with Crippen molar-refractivity contribution in [3.05, 3.63) is 70.2 Å². The van der Waals surface area contributed by atoms with Crippen molar-refractivity contribution in [2.24, 2.45) is 28.8 Å². The lowest BCUT2D eigenvalue weighted by atomic mass is 9.85. The quantitative estimate of drug-likeness (QED) is 0.379. The number of halogens is 2. The van der Waals surface area contributed by atoms with Crippen molar-refractivity contribution in [1.82, 2.24) is 5.01 Å². The van der Waals surface area contributed by atoms with Gasteiger partial charge in [-0.2, -0.15) is 10.1 Å².